The molecule has 0 aliphatic carbocycles. The Balaban J connectivity index is 1.75. The van der Waals surface area contributed by atoms with Crippen LogP contribution in [0.2, 0.25) is 0 Å². The second-order valence-corrected chi connectivity index (χ2v) is 6.07. The standard InChI is InChI=1S/C13H23N5OS/c1-17-5-7-18(8-6-17)16-12(19)9-11-10-20-13(15-11)3-2-4-14/h10H,2-9,14H2,1H3,(H,16,19). The molecule has 7 heteroatoms. The number of rotatable bonds is 6. The van der Waals surface area contributed by atoms with E-state index in [-0.39, 0.29) is 5.91 Å². The molecule has 6 nitrogen and oxygen atoms in total. The Morgan fingerprint density at radius 3 is 2.90 bits per heavy atom. The maximum Gasteiger partial charge on any atom is 0.240 e. The monoisotopic (exact) mass is 297 g/mol. The normalized spacial score (nSPS) is 17.3. The largest absolute Gasteiger partial charge is 0.330 e. The first kappa shape index (κ1) is 15.4. The minimum absolute atomic E-state index is 0.0187. The van der Waals surface area contributed by atoms with E-state index < -0.39 is 0 Å². The van der Waals surface area contributed by atoms with Crippen LogP contribution in [-0.4, -0.2) is 60.6 Å². The van der Waals surface area contributed by atoms with Gasteiger partial charge in [-0.2, -0.15) is 0 Å². The molecule has 1 aromatic heterocycles. The van der Waals surface area contributed by atoms with Crippen molar-refractivity contribution in [3.8, 4) is 0 Å². The molecule has 1 saturated heterocycles. The van der Waals surface area contributed by atoms with Gasteiger partial charge in [-0.15, -0.1) is 11.3 Å². The predicted octanol–water partition coefficient (Wildman–Crippen LogP) is -0.144. The molecule has 112 valence electrons. The van der Waals surface area contributed by atoms with Crippen molar-refractivity contribution in [3.05, 3.63) is 16.1 Å². The fourth-order valence-corrected chi connectivity index (χ4v) is 2.94. The average molecular weight is 297 g/mol. The third-order valence-electron chi connectivity index (χ3n) is 3.32. The van der Waals surface area contributed by atoms with E-state index in [1.807, 2.05) is 10.4 Å². The van der Waals surface area contributed by atoms with Crippen molar-refractivity contribution in [2.45, 2.75) is 19.3 Å². The number of thiazole rings is 1. The van der Waals surface area contributed by atoms with Crippen molar-refractivity contribution in [2.75, 3.05) is 39.8 Å². The zero-order chi connectivity index (χ0) is 14.4. The van der Waals surface area contributed by atoms with Crippen molar-refractivity contribution in [2.24, 2.45) is 5.73 Å². The number of hydrogen-bond acceptors (Lipinski definition) is 6. The van der Waals surface area contributed by atoms with Crippen molar-refractivity contribution < 1.29 is 4.79 Å². The van der Waals surface area contributed by atoms with Gasteiger partial charge in [-0.05, 0) is 20.0 Å². The lowest BCUT2D eigenvalue weighted by atomic mass is 10.3. The number of likely N-dealkylation sites (N-methyl/N-ethyl adjacent to an activating group) is 1. The van der Waals surface area contributed by atoms with Crippen LogP contribution >= 0.6 is 11.3 Å². The molecule has 1 aromatic rings. The van der Waals surface area contributed by atoms with E-state index in [4.69, 9.17) is 5.73 Å². The van der Waals surface area contributed by atoms with Gasteiger partial charge in [0.05, 0.1) is 17.1 Å². The molecule has 0 spiro atoms. The van der Waals surface area contributed by atoms with E-state index in [0.29, 0.717) is 13.0 Å². The minimum atomic E-state index is 0.0187. The molecule has 0 unspecified atom stereocenters. The molecule has 1 fully saturated rings. The van der Waals surface area contributed by atoms with Crippen LogP contribution in [-0.2, 0) is 17.6 Å². The highest BCUT2D eigenvalue weighted by Crippen LogP contribution is 2.12. The smallest absolute Gasteiger partial charge is 0.240 e. The Hall–Kier alpha value is -1.02. The zero-order valence-electron chi connectivity index (χ0n) is 12.0. The molecule has 0 radical (unpaired) electrons. The van der Waals surface area contributed by atoms with Gasteiger partial charge in [0.15, 0.2) is 0 Å². The molecule has 0 aromatic carbocycles. The summed E-state index contributed by atoms with van der Waals surface area (Å²) in [6.45, 7) is 4.40. The lowest BCUT2D eigenvalue weighted by Gasteiger charge is -2.32. The van der Waals surface area contributed by atoms with E-state index in [0.717, 1.165) is 49.7 Å². The summed E-state index contributed by atoms with van der Waals surface area (Å²) in [5.74, 6) is 0.0187. The number of amides is 1. The first-order valence-corrected chi connectivity index (χ1v) is 7.91. The molecule has 1 amide bonds. The fourth-order valence-electron chi connectivity index (χ4n) is 2.10. The lowest BCUT2D eigenvalue weighted by Crippen LogP contribution is -2.52. The van der Waals surface area contributed by atoms with E-state index >= 15 is 0 Å². The minimum Gasteiger partial charge on any atom is -0.330 e. The average Bonchev–Trinajstić information content (AvgIpc) is 2.86. The maximum atomic E-state index is 12.0. The van der Waals surface area contributed by atoms with Crippen LogP contribution < -0.4 is 11.2 Å². The molecule has 1 aliphatic heterocycles. The summed E-state index contributed by atoms with van der Waals surface area (Å²) in [6.07, 6.45) is 2.20. The Morgan fingerprint density at radius 1 is 1.45 bits per heavy atom. The lowest BCUT2D eigenvalue weighted by molar-refractivity contribution is -0.126. The highest BCUT2D eigenvalue weighted by molar-refractivity contribution is 7.09. The summed E-state index contributed by atoms with van der Waals surface area (Å²) < 4.78 is 0. The van der Waals surface area contributed by atoms with Gasteiger partial charge < -0.3 is 10.6 Å². The van der Waals surface area contributed by atoms with Gasteiger partial charge >= 0.3 is 0 Å². The molecule has 0 bridgehead atoms. The second-order valence-electron chi connectivity index (χ2n) is 5.13. The van der Waals surface area contributed by atoms with Crippen molar-refractivity contribution in [1.29, 1.82) is 0 Å². The van der Waals surface area contributed by atoms with Crippen LogP contribution in [0.5, 0.6) is 0 Å². The number of aromatic nitrogens is 1. The van der Waals surface area contributed by atoms with Crippen LogP contribution in [0.3, 0.4) is 0 Å². The second kappa shape index (κ2) is 7.68. The summed E-state index contributed by atoms with van der Waals surface area (Å²) in [5.41, 5.74) is 9.29. The molecular formula is C13H23N5OS. The quantitative estimate of drug-likeness (QED) is 0.764. The molecule has 1 aliphatic rings. The highest BCUT2D eigenvalue weighted by Gasteiger charge is 2.16. The fraction of sp³-hybridized carbons (Fsp3) is 0.692. The number of piperazine rings is 1. The molecule has 3 N–H and O–H groups in total. The summed E-state index contributed by atoms with van der Waals surface area (Å²) >= 11 is 1.61. The molecule has 0 atom stereocenters. The number of nitrogens with one attached hydrogen (secondary N) is 1. The molecule has 0 saturated carbocycles. The topological polar surface area (TPSA) is 74.5 Å². The van der Waals surface area contributed by atoms with Gasteiger partial charge in [0.2, 0.25) is 5.91 Å². The number of nitrogens with two attached hydrogens (primary N) is 1. The zero-order valence-corrected chi connectivity index (χ0v) is 12.8. The number of hydrazine groups is 1. The van der Waals surface area contributed by atoms with Gasteiger partial charge in [-0.25, -0.2) is 9.99 Å². The van der Waals surface area contributed by atoms with Crippen LogP contribution in [0, 0.1) is 0 Å². The maximum absolute atomic E-state index is 12.0. The van der Waals surface area contributed by atoms with Crippen molar-refractivity contribution >= 4 is 17.2 Å². The van der Waals surface area contributed by atoms with E-state index in [1.165, 1.54) is 0 Å². The third-order valence-corrected chi connectivity index (χ3v) is 4.28. The molecular weight excluding hydrogens is 274 g/mol. The van der Waals surface area contributed by atoms with Gasteiger partial charge in [-0.1, -0.05) is 0 Å². The summed E-state index contributed by atoms with van der Waals surface area (Å²) in [7, 11) is 2.09. The summed E-state index contributed by atoms with van der Waals surface area (Å²) in [4.78, 5) is 18.7. The Morgan fingerprint density at radius 2 is 2.20 bits per heavy atom. The summed E-state index contributed by atoms with van der Waals surface area (Å²) in [6, 6.07) is 0. The van der Waals surface area contributed by atoms with Crippen molar-refractivity contribution in [1.82, 2.24) is 20.3 Å². The van der Waals surface area contributed by atoms with Crippen LogP contribution in [0.4, 0.5) is 0 Å². The van der Waals surface area contributed by atoms with E-state index in [2.05, 4.69) is 22.4 Å². The number of nitrogens with zero attached hydrogens (tertiary/aromatic N) is 3. The Labute approximate surface area is 123 Å². The first-order chi connectivity index (χ1) is 9.67. The summed E-state index contributed by atoms with van der Waals surface area (Å²) in [5, 5.41) is 5.03. The number of carbonyl (C=O) groups excluding carboxylic acids is 1. The predicted molar refractivity (Wildman–Crippen MR) is 80.4 cm³/mol. The third kappa shape index (κ3) is 4.82. The van der Waals surface area contributed by atoms with Crippen molar-refractivity contribution in [3.63, 3.8) is 0 Å². The van der Waals surface area contributed by atoms with E-state index in [1.54, 1.807) is 11.3 Å². The van der Waals surface area contributed by atoms with Gasteiger partial charge in [-0.3, -0.25) is 10.2 Å². The SMILES string of the molecule is CN1CCN(NC(=O)Cc2csc(CCCN)n2)CC1. The molecule has 20 heavy (non-hydrogen) atoms. The first-order valence-electron chi connectivity index (χ1n) is 7.03. The highest BCUT2D eigenvalue weighted by atomic mass is 32.1. The number of aryl methyl sites for hydroxylation is 1. The van der Waals surface area contributed by atoms with Gasteiger partial charge in [0, 0.05) is 38.0 Å². The number of carbonyl (C=O) groups is 1. The number of hydrogen-bond donors (Lipinski definition) is 2. The Bertz CT molecular complexity index is 428. The van der Waals surface area contributed by atoms with Crippen LogP contribution in [0.15, 0.2) is 5.38 Å². The van der Waals surface area contributed by atoms with Crippen LogP contribution in [0.25, 0.3) is 0 Å². The Kier molecular flexibility index (Phi) is 5.90. The molecule has 2 heterocycles. The molecule has 2 rings (SSSR count). The van der Waals surface area contributed by atoms with Gasteiger partial charge in [0.25, 0.3) is 0 Å². The van der Waals surface area contributed by atoms with Crippen LogP contribution in [0.1, 0.15) is 17.1 Å². The van der Waals surface area contributed by atoms with E-state index in [9.17, 15) is 4.79 Å². The van der Waals surface area contributed by atoms with Gasteiger partial charge in [0.1, 0.15) is 0 Å².